The third-order valence-electron chi connectivity index (χ3n) is 4.96. The average Bonchev–Trinajstić information content (AvgIpc) is 2.70. The maximum Gasteiger partial charge on any atom is 0.254 e. The molecule has 3 aromatic rings. The smallest absolute Gasteiger partial charge is 0.254 e. The third kappa shape index (κ3) is 3.84. The fourth-order valence-electron chi connectivity index (χ4n) is 2.82. The molecule has 2 heterocycles. The lowest BCUT2D eigenvalue weighted by Crippen LogP contribution is -2.22. The molecule has 0 aliphatic heterocycles. The zero-order chi connectivity index (χ0) is 19.6. The molecular formula is C21H24N4O2. The Bertz CT molecular complexity index is 979. The summed E-state index contributed by atoms with van der Waals surface area (Å²) in [6.45, 7) is 5.72. The van der Waals surface area contributed by atoms with Crippen LogP contribution in [0.25, 0.3) is 11.4 Å². The number of aromatic nitrogens is 3. The monoisotopic (exact) mass is 364 g/mol. The van der Waals surface area contributed by atoms with Crippen molar-refractivity contribution in [1.82, 2.24) is 15.0 Å². The van der Waals surface area contributed by atoms with Crippen LogP contribution in [0.5, 0.6) is 5.75 Å². The highest BCUT2D eigenvalue weighted by Crippen LogP contribution is 2.26. The van der Waals surface area contributed by atoms with Gasteiger partial charge in [-0.1, -0.05) is 12.1 Å². The fourth-order valence-corrected chi connectivity index (χ4v) is 2.82. The third-order valence-corrected chi connectivity index (χ3v) is 4.96. The minimum Gasteiger partial charge on any atom is -0.497 e. The Labute approximate surface area is 158 Å². The summed E-state index contributed by atoms with van der Waals surface area (Å²) in [5, 5.41) is 0. The minimum absolute atomic E-state index is 0.119. The number of nitrogens with zero attached hydrogens (tertiary/aromatic N) is 3. The number of aromatic amines is 1. The molecule has 0 amide bonds. The first-order valence-electron chi connectivity index (χ1n) is 8.81. The van der Waals surface area contributed by atoms with Crippen molar-refractivity contribution < 1.29 is 4.74 Å². The van der Waals surface area contributed by atoms with E-state index in [2.05, 4.69) is 38.9 Å². The number of hydrogen-bond donors (Lipinski definition) is 1. The van der Waals surface area contributed by atoms with Crippen LogP contribution < -0.4 is 15.2 Å². The molecule has 6 nitrogen and oxygen atoms in total. The number of pyridine rings is 1. The fraction of sp³-hybridized carbons (Fsp3) is 0.286. The minimum atomic E-state index is -0.119. The second-order valence-corrected chi connectivity index (χ2v) is 6.59. The van der Waals surface area contributed by atoms with E-state index in [4.69, 9.17) is 4.74 Å². The first kappa shape index (κ1) is 18.6. The van der Waals surface area contributed by atoms with E-state index in [-0.39, 0.29) is 11.6 Å². The van der Waals surface area contributed by atoms with Gasteiger partial charge in [-0.15, -0.1) is 0 Å². The van der Waals surface area contributed by atoms with Crippen LogP contribution in [0.2, 0.25) is 0 Å². The number of benzene rings is 1. The van der Waals surface area contributed by atoms with Gasteiger partial charge in [-0.05, 0) is 50.6 Å². The number of methoxy groups -OCH3 is 1. The first-order valence-corrected chi connectivity index (χ1v) is 8.81. The van der Waals surface area contributed by atoms with E-state index in [0.717, 1.165) is 22.8 Å². The van der Waals surface area contributed by atoms with Crippen LogP contribution in [0, 0.1) is 13.8 Å². The van der Waals surface area contributed by atoms with Crippen molar-refractivity contribution in [2.24, 2.45) is 0 Å². The number of nitrogens with one attached hydrogen (secondary N) is 1. The summed E-state index contributed by atoms with van der Waals surface area (Å²) in [5.41, 5.74) is 3.19. The van der Waals surface area contributed by atoms with Crippen molar-refractivity contribution in [3.05, 3.63) is 69.8 Å². The molecule has 1 atom stereocenters. The van der Waals surface area contributed by atoms with Gasteiger partial charge in [0.2, 0.25) is 0 Å². The summed E-state index contributed by atoms with van der Waals surface area (Å²) < 4.78 is 5.22. The molecule has 27 heavy (non-hydrogen) atoms. The molecule has 0 radical (unpaired) electrons. The van der Waals surface area contributed by atoms with Crippen LogP contribution in [-0.2, 0) is 0 Å². The molecule has 6 heteroatoms. The van der Waals surface area contributed by atoms with Crippen LogP contribution >= 0.6 is 0 Å². The topological polar surface area (TPSA) is 71.1 Å². The standard InChI is InChI=1S/C21H24N4O2/c1-13-14(2)23-20(24-21(13)26)17-8-11-19(22-12-17)25(4)15(3)16-6-9-18(27-5)10-7-16/h6-12,15H,1-5H3,(H,23,24,26). The first-order chi connectivity index (χ1) is 12.9. The Morgan fingerprint density at radius 2 is 1.81 bits per heavy atom. The number of aryl methyl sites for hydroxylation is 1. The summed E-state index contributed by atoms with van der Waals surface area (Å²) >= 11 is 0. The second-order valence-electron chi connectivity index (χ2n) is 6.59. The molecule has 1 N–H and O–H groups in total. The predicted molar refractivity (Wildman–Crippen MR) is 107 cm³/mol. The van der Waals surface area contributed by atoms with Crippen molar-refractivity contribution in [2.75, 3.05) is 19.1 Å². The van der Waals surface area contributed by atoms with Crippen molar-refractivity contribution >= 4 is 5.82 Å². The Morgan fingerprint density at radius 1 is 1.11 bits per heavy atom. The van der Waals surface area contributed by atoms with Gasteiger partial charge in [-0.3, -0.25) is 4.79 Å². The van der Waals surface area contributed by atoms with Crippen molar-refractivity contribution in [1.29, 1.82) is 0 Å². The van der Waals surface area contributed by atoms with Gasteiger partial charge >= 0.3 is 0 Å². The number of ether oxygens (including phenoxy) is 1. The largest absolute Gasteiger partial charge is 0.497 e. The predicted octanol–water partition coefficient (Wildman–Crippen LogP) is 3.65. The summed E-state index contributed by atoms with van der Waals surface area (Å²) in [5.74, 6) is 2.22. The Morgan fingerprint density at radius 3 is 2.37 bits per heavy atom. The Kier molecular flexibility index (Phi) is 5.26. The van der Waals surface area contributed by atoms with Crippen LogP contribution in [0.3, 0.4) is 0 Å². The lowest BCUT2D eigenvalue weighted by Gasteiger charge is -2.26. The molecule has 0 saturated heterocycles. The van der Waals surface area contributed by atoms with E-state index in [1.807, 2.05) is 38.2 Å². The highest BCUT2D eigenvalue weighted by molar-refractivity contribution is 5.57. The molecule has 0 fully saturated rings. The van der Waals surface area contributed by atoms with Crippen molar-refractivity contribution in [3.8, 4) is 17.1 Å². The molecule has 0 bridgehead atoms. The zero-order valence-corrected chi connectivity index (χ0v) is 16.3. The van der Waals surface area contributed by atoms with Crippen LogP contribution in [0.1, 0.15) is 29.8 Å². The highest BCUT2D eigenvalue weighted by Gasteiger charge is 2.14. The zero-order valence-electron chi connectivity index (χ0n) is 16.3. The second kappa shape index (κ2) is 7.61. The Hall–Kier alpha value is -3.15. The number of H-pyrrole nitrogens is 1. The molecule has 2 aromatic heterocycles. The van der Waals surface area contributed by atoms with E-state index in [1.54, 1.807) is 20.2 Å². The van der Waals surface area contributed by atoms with E-state index in [9.17, 15) is 4.79 Å². The quantitative estimate of drug-likeness (QED) is 0.748. The van der Waals surface area contributed by atoms with Gasteiger partial charge in [0.25, 0.3) is 5.56 Å². The lowest BCUT2D eigenvalue weighted by molar-refractivity contribution is 0.414. The number of anilines is 1. The maximum atomic E-state index is 12.0. The van der Waals surface area contributed by atoms with Crippen molar-refractivity contribution in [3.63, 3.8) is 0 Å². The summed E-state index contributed by atoms with van der Waals surface area (Å²) in [4.78, 5) is 25.9. The van der Waals surface area contributed by atoms with E-state index in [0.29, 0.717) is 11.4 Å². The summed E-state index contributed by atoms with van der Waals surface area (Å²) in [7, 11) is 3.67. The number of hydrogen-bond acceptors (Lipinski definition) is 5. The van der Waals surface area contributed by atoms with Crippen LogP contribution in [0.4, 0.5) is 5.82 Å². The normalized spacial score (nSPS) is 11.9. The molecule has 0 aliphatic carbocycles. The molecular weight excluding hydrogens is 340 g/mol. The molecule has 1 aromatic carbocycles. The van der Waals surface area contributed by atoms with E-state index >= 15 is 0 Å². The van der Waals surface area contributed by atoms with Crippen LogP contribution in [0.15, 0.2) is 47.4 Å². The van der Waals surface area contributed by atoms with E-state index in [1.165, 1.54) is 5.56 Å². The van der Waals surface area contributed by atoms with Gasteiger partial charge < -0.3 is 14.6 Å². The van der Waals surface area contributed by atoms with Gasteiger partial charge in [-0.25, -0.2) is 9.97 Å². The summed E-state index contributed by atoms with van der Waals surface area (Å²) in [6.07, 6.45) is 1.74. The molecule has 140 valence electrons. The molecule has 3 rings (SSSR count). The molecule has 0 spiro atoms. The van der Waals surface area contributed by atoms with Gasteiger partial charge in [-0.2, -0.15) is 0 Å². The average molecular weight is 364 g/mol. The highest BCUT2D eigenvalue weighted by atomic mass is 16.5. The van der Waals surface area contributed by atoms with Crippen molar-refractivity contribution in [2.45, 2.75) is 26.8 Å². The van der Waals surface area contributed by atoms with Gasteiger partial charge in [0.1, 0.15) is 17.4 Å². The van der Waals surface area contributed by atoms with Gasteiger partial charge in [0.05, 0.1) is 13.2 Å². The van der Waals surface area contributed by atoms with Gasteiger partial charge in [0.15, 0.2) is 0 Å². The summed E-state index contributed by atoms with van der Waals surface area (Å²) in [6, 6.07) is 12.0. The maximum absolute atomic E-state index is 12.0. The van der Waals surface area contributed by atoms with Crippen LogP contribution in [-0.4, -0.2) is 29.1 Å². The SMILES string of the molecule is COc1ccc(C(C)N(C)c2ccc(-c3nc(C)c(C)c(=O)[nH]3)cn2)cc1. The number of rotatable bonds is 5. The Balaban J connectivity index is 1.82. The van der Waals surface area contributed by atoms with E-state index < -0.39 is 0 Å². The lowest BCUT2D eigenvalue weighted by atomic mass is 10.1. The molecule has 0 aliphatic rings. The van der Waals surface area contributed by atoms with Gasteiger partial charge in [0, 0.05) is 30.1 Å². The molecule has 1 unspecified atom stereocenters. The molecule has 0 saturated carbocycles.